The van der Waals surface area contributed by atoms with Crippen molar-refractivity contribution >= 4 is 9.84 Å². The Hall–Kier alpha value is -1.74. The molecule has 1 saturated heterocycles. The monoisotopic (exact) mass is 338 g/mol. The predicted molar refractivity (Wildman–Crippen MR) is 85.5 cm³/mol. The van der Waals surface area contributed by atoms with Crippen LogP contribution >= 0.6 is 0 Å². The molecule has 23 heavy (non-hydrogen) atoms. The summed E-state index contributed by atoms with van der Waals surface area (Å²) in [5.41, 5.74) is 0.936. The molecule has 1 fully saturated rings. The molecule has 0 saturated carbocycles. The maximum Gasteiger partial charge on any atom is 0.153 e. The zero-order valence-corrected chi connectivity index (χ0v) is 14.3. The molecular weight excluding hydrogens is 316 g/mol. The van der Waals surface area contributed by atoms with E-state index in [4.69, 9.17) is 0 Å². The van der Waals surface area contributed by atoms with Gasteiger partial charge in [0.05, 0.1) is 30.3 Å². The van der Waals surface area contributed by atoms with E-state index < -0.39 is 9.84 Å². The van der Waals surface area contributed by atoms with Gasteiger partial charge in [0.15, 0.2) is 9.84 Å². The van der Waals surface area contributed by atoms with Crippen LogP contribution in [-0.2, 0) is 29.3 Å². The Bertz CT molecular complexity index is 766. The molecule has 0 aromatic carbocycles. The van der Waals surface area contributed by atoms with Gasteiger partial charge in [-0.1, -0.05) is 6.92 Å². The lowest BCUT2D eigenvalue weighted by atomic mass is 10.1. The predicted octanol–water partition coefficient (Wildman–Crippen LogP) is 0.555. The van der Waals surface area contributed by atoms with Crippen molar-refractivity contribution in [3.8, 4) is 0 Å². The number of hydrogen-bond acceptors (Lipinski definition) is 6. The molecule has 9 heteroatoms. The van der Waals surface area contributed by atoms with Gasteiger partial charge >= 0.3 is 0 Å². The van der Waals surface area contributed by atoms with Crippen LogP contribution in [0.15, 0.2) is 12.4 Å². The van der Waals surface area contributed by atoms with Crippen molar-refractivity contribution in [2.24, 2.45) is 0 Å². The van der Waals surface area contributed by atoms with Gasteiger partial charge in [-0.15, -0.1) is 0 Å². The summed E-state index contributed by atoms with van der Waals surface area (Å²) in [6.07, 6.45) is 4.47. The van der Waals surface area contributed by atoms with E-state index in [1.54, 1.807) is 6.20 Å². The topological polar surface area (TPSA) is 96.8 Å². The van der Waals surface area contributed by atoms with Gasteiger partial charge in [-0.05, 0) is 6.92 Å². The average molecular weight is 338 g/mol. The van der Waals surface area contributed by atoms with Crippen molar-refractivity contribution in [2.45, 2.75) is 39.4 Å². The highest BCUT2D eigenvalue weighted by molar-refractivity contribution is 7.91. The van der Waals surface area contributed by atoms with E-state index in [0.717, 1.165) is 30.2 Å². The van der Waals surface area contributed by atoms with Crippen LogP contribution in [0, 0.1) is 0 Å². The van der Waals surface area contributed by atoms with Gasteiger partial charge in [-0.2, -0.15) is 10.2 Å². The van der Waals surface area contributed by atoms with E-state index >= 15 is 0 Å². The first-order valence-corrected chi connectivity index (χ1v) is 9.70. The van der Waals surface area contributed by atoms with E-state index in [2.05, 4.69) is 25.2 Å². The van der Waals surface area contributed by atoms with E-state index in [9.17, 15) is 8.42 Å². The number of nitrogens with one attached hydrogen (secondary N) is 1. The summed E-state index contributed by atoms with van der Waals surface area (Å²) < 4.78 is 26.0. The number of hydrogen-bond donors (Lipinski definition) is 1. The molecule has 3 heterocycles. The van der Waals surface area contributed by atoms with Crippen molar-refractivity contribution < 1.29 is 8.42 Å². The van der Waals surface area contributed by atoms with Crippen molar-refractivity contribution in [1.29, 1.82) is 0 Å². The summed E-state index contributed by atoms with van der Waals surface area (Å²) in [6.45, 7) is 5.83. The summed E-state index contributed by atoms with van der Waals surface area (Å²) in [5.74, 6) is 1.85. The maximum atomic E-state index is 12.1. The molecule has 0 amide bonds. The highest BCUT2D eigenvalue weighted by atomic mass is 32.2. The first-order chi connectivity index (χ1) is 11.0. The van der Waals surface area contributed by atoms with Crippen LogP contribution in [0.4, 0.5) is 0 Å². The molecule has 2 aromatic rings. The molecule has 0 aliphatic carbocycles. The van der Waals surface area contributed by atoms with Crippen LogP contribution in [0.25, 0.3) is 0 Å². The van der Waals surface area contributed by atoms with Crippen LogP contribution < -0.4 is 0 Å². The SMILES string of the molecule is CCc1n[nH]c(CN2CCS(=O)(=O)CC2c2cnn(CC)c2)n1. The third kappa shape index (κ3) is 3.61. The quantitative estimate of drug-likeness (QED) is 0.855. The summed E-state index contributed by atoms with van der Waals surface area (Å²) in [6, 6.07) is -0.191. The van der Waals surface area contributed by atoms with E-state index in [1.807, 2.05) is 24.7 Å². The Labute approximate surface area is 135 Å². The Morgan fingerprint density at radius 2 is 2.22 bits per heavy atom. The van der Waals surface area contributed by atoms with Crippen molar-refractivity contribution in [1.82, 2.24) is 29.9 Å². The van der Waals surface area contributed by atoms with Gasteiger partial charge in [0.1, 0.15) is 11.6 Å². The maximum absolute atomic E-state index is 12.1. The number of nitrogens with zero attached hydrogens (tertiary/aromatic N) is 5. The Morgan fingerprint density at radius 3 is 2.87 bits per heavy atom. The van der Waals surface area contributed by atoms with Crippen molar-refractivity contribution in [3.63, 3.8) is 0 Å². The normalized spacial score (nSPS) is 21.6. The third-order valence-corrected chi connectivity index (χ3v) is 5.78. The number of H-pyrrole nitrogens is 1. The molecule has 1 aliphatic heterocycles. The fourth-order valence-electron chi connectivity index (χ4n) is 2.82. The second-order valence-corrected chi connectivity index (χ2v) is 8.01. The van der Waals surface area contributed by atoms with Crippen LogP contribution in [0.2, 0.25) is 0 Å². The van der Waals surface area contributed by atoms with Gasteiger partial charge in [-0.25, -0.2) is 13.4 Å². The largest absolute Gasteiger partial charge is 0.287 e. The fourth-order valence-corrected chi connectivity index (χ4v) is 4.38. The first kappa shape index (κ1) is 16.1. The molecule has 3 rings (SSSR count). The molecular formula is C14H22N6O2S. The Balaban J connectivity index is 1.83. The lowest BCUT2D eigenvalue weighted by molar-refractivity contribution is 0.201. The number of aromatic amines is 1. The zero-order chi connectivity index (χ0) is 16.4. The average Bonchev–Trinajstić information content (AvgIpc) is 3.17. The molecule has 1 N–H and O–H groups in total. The van der Waals surface area contributed by atoms with E-state index in [1.165, 1.54) is 0 Å². The van der Waals surface area contributed by atoms with Crippen molar-refractivity contribution in [3.05, 3.63) is 29.6 Å². The highest BCUT2D eigenvalue weighted by Gasteiger charge is 2.33. The minimum absolute atomic E-state index is 0.122. The van der Waals surface area contributed by atoms with Crippen LogP contribution in [0.1, 0.15) is 37.1 Å². The van der Waals surface area contributed by atoms with E-state index in [-0.39, 0.29) is 17.5 Å². The summed E-state index contributed by atoms with van der Waals surface area (Å²) in [7, 11) is -3.03. The fraction of sp³-hybridized carbons (Fsp3) is 0.643. The number of aryl methyl sites for hydroxylation is 2. The van der Waals surface area contributed by atoms with Gasteiger partial charge < -0.3 is 0 Å². The summed E-state index contributed by atoms with van der Waals surface area (Å²) in [5, 5.41) is 11.4. The molecule has 1 unspecified atom stereocenters. The van der Waals surface area contributed by atoms with Crippen molar-refractivity contribution in [2.75, 3.05) is 18.1 Å². The molecule has 1 aliphatic rings. The number of aromatic nitrogens is 5. The van der Waals surface area contributed by atoms with E-state index in [0.29, 0.717) is 13.1 Å². The number of rotatable bonds is 5. The van der Waals surface area contributed by atoms with Gasteiger partial charge in [0.25, 0.3) is 0 Å². The van der Waals surface area contributed by atoms with Crippen LogP contribution in [0.3, 0.4) is 0 Å². The van der Waals surface area contributed by atoms with Gasteiger partial charge in [0, 0.05) is 31.3 Å². The lowest BCUT2D eigenvalue weighted by Crippen LogP contribution is -2.42. The summed E-state index contributed by atoms with van der Waals surface area (Å²) >= 11 is 0. The first-order valence-electron chi connectivity index (χ1n) is 7.87. The zero-order valence-electron chi connectivity index (χ0n) is 13.4. The minimum atomic E-state index is -3.03. The second-order valence-electron chi connectivity index (χ2n) is 5.78. The number of sulfone groups is 1. The third-order valence-electron chi connectivity index (χ3n) is 4.15. The lowest BCUT2D eigenvalue weighted by Gasteiger charge is -2.34. The van der Waals surface area contributed by atoms with Crippen LogP contribution in [0.5, 0.6) is 0 Å². The molecule has 2 aromatic heterocycles. The molecule has 0 spiro atoms. The van der Waals surface area contributed by atoms with Crippen LogP contribution in [-0.4, -0.2) is 56.3 Å². The second kappa shape index (κ2) is 6.40. The summed E-state index contributed by atoms with van der Waals surface area (Å²) in [4.78, 5) is 6.57. The molecule has 0 radical (unpaired) electrons. The standard InChI is InChI=1S/C14H22N6O2S/c1-3-13-16-14(18-17-13)9-19-5-6-23(21,22)10-12(19)11-7-15-20(4-2)8-11/h7-8,12H,3-6,9-10H2,1-2H3,(H,16,17,18). The molecule has 1 atom stereocenters. The van der Waals surface area contributed by atoms with Gasteiger partial charge in [0.2, 0.25) is 0 Å². The molecule has 0 bridgehead atoms. The highest BCUT2D eigenvalue weighted by Crippen LogP contribution is 2.27. The minimum Gasteiger partial charge on any atom is -0.287 e. The smallest absolute Gasteiger partial charge is 0.153 e. The van der Waals surface area contributed by atoms with Gasteiger partial charge in [-0.3, -0.25) is 14.7 Å². The Kier molecular flexibility index (Phi) is 4.49. The molecule has 126 valence electrons. The Morgan fingerprint density at radius 1 is 1.39 bits per heavy atom. The molecule has 8 nitrogen and oxygen atoms in total.